The molecule has 2 rings (SSSR count). The van der Waals surface area contributed by atoms with Gasteiger partial charge in [0.2, 0.25) is 0 Å². The summed E-state index contributed by atoms with van der Waals surface area (Å²) in [5.74, 6) is -1.49. The van der Waals surface area contributed by atoms with Crippen molar-refractivity contribution in [3.63, 3.8) is 0 Å². The number of nitrogens with two attached hydrogens (primary N) is 1. The first-order valence-corrected chi connectivity index (χ1v) is 6.49. The van der Waals surface area contributed by atoms with Crippen LogP contribution >= 0.6 is 0 Å². The largest absolute Gasteiger partial charge is 0.348 e. The predicted molar refractivity (Wildman–Crippen MR) is 70.8 cm³/mol. The first kappa shape index (κ1) is 14.4. The number of nitro groups is 1. The Labute approximate surface area is 115 Å². The molecule has 0 bridgehead atoms. The summed E-state index contributed by atoms with van der Waals surface area (Å²) >= 11 is 0. The third-order valence-electron chi connectivity index (χ3n) is 3.54. The van der Waals surface area contributed by atoms with Gasteiger partial charge in [-0.1, -0.05) is 12.8 Å². The van der Waals surface area contributed by atoms with Crippen molar-refractivity contribution in [2.75, 3.05) is 0 Å². The van der Waals surface area contributed by atoms with E-state index in [-0.39, 0.29) is 23.3 Å². The van der Waals surface area contributed by atoms with Crippen molar-refractivity contribution >= 4 is 11.6 Å². The van der Waals surface area contributed by atoms with Crippen LogP contribution in [0, 0.1) is 15.9 Å². The van der Waals surface area contributed by atoms with E-state index in [1.165, 1.54) is 0 Å². The predicted octanol–water partition coefficient (Wildman–Crippen LogP) is 1.73. The van der Waals surface area contributed by atoms with Crippen LogP contribution in [0.5, 0.6) is 0 Å². The van der Waals surface area contributed by atoms with E-state index < -0.39 is 16.6 Å². The number of benzene rings is 1. The highest BCUT2D eigenvalue weighted by molar-refractivity contribution is 5.94. The smallest absolute Gasteiger partial charge is 0.272 e. The SMILES string of the molecule is N[C@@H]1CCCC[C@H]1NC(=O)c1ccc([N+](=O)[O-])cc1F. The Kier molecular flexibility index (Phi) is 4.29. The van der Waals surface area contributed by atoms with Crippen LogP contribution in [0.2, 0.25) is 0 Å². The molecule has 0 spiro atoms. The number of rotatable bonds is 3. The monoisotopic (exact) mass is 281 g/mol. The standard InChI is InChI=1S/C13H16FN3O3/c14-10-7-8(17(19)20)5-6-9(10)13(18)16-12-4-2-1-3-11(12)15/h5-7,11-12H,1-4,15H2,(H,16,18)/t11-,12-/m1/s1. The Balaban J connectivity index is 2.11. The van der Waals surface area contributed by atoms with Crippen molar-refractivity contribution in [2.45, 2.75) is 37.8 Å². The lowest BCUT2D eigenvalue weighted by Gasteiger charge is -2.29. The number of hydrogen-bond donors (Lipinski definition) is 2. The summed E-state index contributed by atoms with van der Waals surface area (Å²) in [6, 6.07) is 2.67. The van der Waals surface area contributed by atoms with Crippen LogP contribution in [0.15, 0.2) is 18.2 Å². The van der Waals surface area contributed by atoms with E-state index in [1.54, 1.807) is 0 Å². The number of amides is 1. The molecule has 0 heterocycles. The molecule has 7 heteroatoms. The Bertz CT molecular complexity index is 536. The van der Waals surface area contributed by atoms with Gasteiger partial charge in [0, 0.05) is 18.2 Å². The Morgan fingerprint density at radius 2 is 2.10 bits per heavy atom. The Morgan fingerprint density at radius 1 is 1.40 bits per heavy atom. The number of nitrogens with zero attached hydrogens (tertiary/aromatic N) is 1. The van der Waals surface area contributed by atoms with Gasteiger partial charge in [0.1, 0.15) is 5.82 Å². The lowest BCUT2D eigenvalue weighted by molar-refractivity contribution is -0.385. The summed E-state index contributed by atoms with van der Waals surface area (Å²) in [5.41, 5.74) is 5.33. The molecule has 0 saturated heterocycles. The number of carbonyl (C=O) groups excluding carboxylic acids is 1. The Hall–Kier alpha value is -2.02. The highest BCUT2D eigenvalue weighted by Crippen LogP contribution is 2.19. The molecule has 1 amide bonds. The molecule has 1 aromatic carbocycles. The van der Waals surface area contributed by atoms with Gasteiger partial charge < -0.3 is 11.1 Å². The van der Waals surface area contributed by atoms with Crippen molar-refractivity contribution in [3.8, 4) is 0 Å². The number of nitrogens with one attached hydrogen (secondary N) is 1. The van der Waals surface area contributed by atoms with Crippen LogP contribution in [0.1, 0.15) is 36.0 Å². The number of nitro benzene ring substituents is 1. The highest BCUT2D eigenvalue weighted by atomic mass is 19.1. The molecule has 3 N–H and O–H groups in total. The average molecular weight is 281 g/mol. The highest BCUT2D eigenvalue weighted by Gasteiger charge is 2.25. The second-order valence-electron chi connectivity index (χ2n) is 4.95. The lowest BCUT2D eigenvalue weighted by Crippen LogP contribution is -2.49. The third kappa shape index (κ3) is 3.11. The molecule has 0 unspecified atom stereocenters. The van der Waals surface area contributed by atoms with Crippen LogP contribution in [0.3, 0.4) is 0 Å². The molecule has 0 aromatic heterocycles. The molecule has 20 heavy (non-hydrogen) atoms. The van der Waals surface area contributed by atoms with Gasteiger partial charge in [-0.15, -0.1) is 0 Å². The lowest BCUT2D eigenvalue weighted by atomic mass is 9.91. The fourth-order valence-electron chi connectivity index (χ4n) is 2.39. The summed E-state index contributed by atoms with van der Waals surface area (Å²) < 4.78 is 13.7. The molecule has 0 radical (unpaired) electrons. The fraction of sp³-hybridized carbons (Fsp3) is 0.462. The number of carbonyl (C=O) groups is 1. The fourth-order valence-corrected chi connectivity index (χ4v) is 2.39. The summed E-state index contributed by atoms with van der Waals surface area (Å²) in [6.07, 6.45) is 3.59. The molecule has 1 aromatic rings. The second-order valence-corrected chi connectivity index (χ2v) is 4.95. The van der Waals surface area contributed by atoms with E-state index in [4.69, 9.17) is 5.73 Å². The molecule has 108 valence electrons. The number of halogens is 1. The van der Waals surface area contributed by atoms with E-state index >= 15 is 0 Å². The van der Waals surface area contributed by atoms with Gasteiger partial charge in [-0.3, -0.25) is 14.9 Å². The van der Waals surface area contributed by atoms with E-state index in [0.717, 1.165) is 43.9 Å². The number of non-ortho nitro benzene ring substituents is 1. The van der Waals surface area contributed by atoms with Gasteiger partial charge >= 0.3 is 0 Å². The molecule has 1 saturated carbocycles. The van der Waals surface area contributed by atoms with Crippen molar-refractivity contribution in [2.24, 2.45) is 5.73 Å². The van der Waals surface area contributed by atoms with Gasteiger partial charge in [-0.2, -0.15) is 0 Å². The van der Waals surface area contributed by atoms with Crippen LogP contribution in [-0.4, -0.2) is 22.9 Å². The zero-order chi connectivity index (χ0) is 14.7. The molecular weight excluding hydrogens is 265 g/mol. The van der Waals surface area contributed by atoms with Gasteiger partial charge in [-0.25, -0.2) is 4.39 Å². The van der Waals surface area contributed by atoms with Crippen LogP contribution < -0.4 is 11.1 Å². The van der Waals surface area contributed by atoms with Crippen molar-refractivity contribution in [3.05, 3.63) is 39.7 Å². The van der Waals surface area contributed by atoms with Gasteiger partial charge in [0.05, 0.1) is 16.6 Å². The first-order valence-electron chi connectivity index (χ1n) is 6.49. The minimum Gasteiger partial charge on any atom is -0.348 e. The van der Waals surface area contributed by atoms with Crippen LogP contribution in [0.25, 0.3) is 0 Å². The van der Waals surface area contributed by atoms with Crippen molar-refractivity contribution in [1.29, 1.82) is 0 Å². The quantitative estimate of drug-likeness (QED) is 0.651. The maximum absolute atomic E-state index is 13.7. The van der Waals surface area contributed by atoms with Crippen molar-refractivity contribution < 1.29 is 14.1 Å². The topological polar surface area (TPSA) is 98.3 Å². The minimum atomic E-state index is -0.902. The molecule has 1 fully saturated rings. The third-order valence-corrected chi connectivity index (χ3v) is 3.54. The van der Waals surface area contributed by atoms with Gasteiger partial charge in [-0.05, 0) is 18.9 Å². The average Bonchev–Trinajstić information content (AvgIpc) is 2.41. The van der Waals surface area contributed by atoms with E-state index in [2.05, 4.69) is 5.32 Å². The zero-order valence-electron chi connectivity index (χ0n) is 10.8. The molecular formula is C13H16FN3O3. The van der Waals surface area contributed by atoms with Crippen LogP contribution in [0.4, 0.5) is 10.1 Å². The second kappa shape index (κ2) is 5.96. The maximum Gasteiger partial charge on any atom is 0.272 e. The van der Waals surface area contributed by atoms with E-state index in [9.17, 15) is 19.3 Å². The van der Waals surface area contributed by atoms with E-state index in [0.29, 0.717) is 0 Å². The molecule has 0 aliphatic heterocycles. The van der Waals surface area contributed by atoms with E-state index in [1.807, 2.05) is 0 Å². The molecule has 1 aliphatic rings. The molecule has 1 aliphatic carbocycles. The number of hydrogen-bond acceptors (Lipinski definition) is 4. The zero-order valence-corrected chi connectivity index (χ0v) is 10.8. The normalized spacial score (nSPS) is 22.3. The maximum atomic E-state index is 13.7. The molecule has 2 atom stereocenters. The first-order chi connectivity index (χ1) is 9.49. The molecule has 6 nitrogen and oxygen atoms in total. The summed E-state index contributed by atoms with van der Waals surface area (Å²) in [7, 11) is 0. The van der Waals surface area contributed by atoms with Crippen molar-refractivity contribution in [1.82, 2.24) is 5.32 Å². The van der Waals surface area contributed by atoms with Crippen LogP contribution in [-0.2, 0) is 0 Å². The van der Waals surface area contributed by atoms with Gasteiger partial charge in [0.15, 0.2) is 0 Å². The minimum absolute atomic E-state index is 0.131. The Morgan fingerprint density at radius 3 is 2.70 bits per heavy atom. The summed E-state index contributed by atoms with van der Waals surface area (Å²) in [5, 5.41) is 13.2. The summed E-state index contributed by atoms with van der Waals surface area (Å²) in [6.45, 7) is 0. The van der Waals surface area contributed by atoms with Gasteiger partial charge in [0.25, 0.3) is 11.6 Å². The summed E-state index contributed by atoms with van der Waals surface area (Å²) in [4.78, 5) is 21.8.